The third-order valence-electron chi connectivity index (χ3n) is 8.87. The third kappa shape index (κ3) is 6.76. The molecule has 4 N–H and O–H groups in total. The van der Waals surface area contributed by atoms with Gasteiger partial charge >= 0.3 is 0 Å². The number of piperazine rings is 1. The quantitative estimate of drug-likeness (QED) is 0.356. The van der Waals surface area contributed by atoms with Crippen molar-refractivity contribution >= 4 is 28.9 Å². The molecule has 3 saturated heterocycles. The van der Waals surface area contributed by atoms with Crippen LogP contribution in [0.4, 0.5) is 23.0 Å². The van der Waals surface area contributed by atoms with Crippen molar-refractivity contribution in [2.75, 3.05) is 75.1 Å². The van der Waals surface area contributed by atoms with E-state index in [1.165, 1.54) is 31.6 Å². The molecule has 3 aliphatic heterocycles. The predicted molar refractivity (Wildman–Crippen MR) is 167 cm³/mol. The Morgan fingerprint density at radius 1 is 0.953 bits per heavy atom. The van der Waals surface area contributed by atoms with Gasteiger partial charge in [-0.05, 0) is 70.3 Å². The number of primary amides is 1. The molecule has 43 heavy (non-hydrogen) atoms. The van der Waals surface area contributed by atoms with Crippen molar-refractivity contribution in [2.45, 2.75) is 51.6 Å². The van der Waals surface area contributed by atoms with Crippen molar-refractivity contribution < 1.29 is 14.1 Å². The van der Waals surface area contributed by atoms with Crippen molar-refractivity contribution in [3.63, 3.8) is 0 Å². The van der Waals surface area contributed by atoms with Gasteiger partial charge in [-0.25, -0.2) is 9.97 Å². The van der Waals surface area contributed by atoms with Crippen LogP contribution < -0.4 is 21.3 Å². The Hall–Kier alpha value is -3.74. The minimum Gasteiger partial charge on any atom is -0.381 e. The zero-order valence-corrected chi connectivity index (χ0v) is 25.4. The summed E-state index contributed by atoms with van der Waals surface area (Å²) in [5, 5.41) is 10.8. The molecule has 2 aromatic heterocycles. The first-order valence-electron chi connectivity index (χ1n) is 15.4. The molecule has 0 atom stereocenters. The first-order chi connectivity index (χ1) is 20.8. The Bertz CT molecular complexity index is 1420. The molecule has 3 fully saturated rings. The molecule has 12 heteroatoms. The van der Waals surface area contributed by atoms with E-state index >= 15 is 0 Å². The number of carbonyl (C=O) groups is 1. The Morgan fingerprint density at radius 2 is 1.70 bits per heavy atom. The minimum atomic E-state index is -0.679. The lowest BCUT2D eigenvalue weighted by molar-refractivity contribution is 0.0904. The van der Waals surface area contributed by atoms with Gasteiger partial charge in [0.05, 0.1) is 5.69 Å². The highest BCUT2D eigenvalue weighted by Crippen LogP contribution is 2.33. The second kappa shape index (κ2) is 12.9. The van der Waals surface area contributed by atoms with Gasteiger partial charge in [0.25, 0.3) is 5.91 Å². The maximum Gasteiger partial charge on any atom is 0.271 e. The van der Waals surface area contributed by atoms with Crippen LogP contribution in [0.2, 0.25) is 0 Å². The van der Waals surface area contributed by atoms with E-state index in [4.69, 9.17) is 20.0 Å². The van der Waals surface area contributed by atoms with Gasteiger partial charge in [-0.1, -0.05) is 5.16 Å². The van der Waals surface area contributed by atoms with E-state index in [0.29, 0.717) is 48.0 Å². The Kier molecular flexibility index (Phi) is 8.78. The van der Waals surface area contributed by atoms with Crippen molar-refractivity contribution in [1.82, 2.24) is 24.9 Å². The maximum atomic E-state index is 12.6. The minimum absolute atomic E-state index is 0.0364. The van der Waals surface area contributed by atoms with Gasteiger partial charge in [-0.2, -0.15) is 0 Å². The maximum absolute atomic E-state index is 12.6. The summed E-state index contributed by atoms with van der Waals surface area (Å²) in [5.74, 6) is 0.543. The van der Waals surface area contributed by atoms with Crippen molar-refractivity contribution in [3.8, 4) is 11.5 Å². The fourth-order valence-corrected chi connectivity index (χ4v) is 6.36. The smallest absolute Gasteiger partial charge is 0.271 e. The average molecular weight is 590 g/mol. The van der Waals surface area contributed by atoms with Crippen LogP contribution in [0.3, 0.4) is 0 Å². The molecule has 0 saturated carbocycles. The fourth-order valence-electron chi connectivity index (χ4n) is 6.36. The number of rotatable bonds is 8. The number of aromatic nitrogens is 3. The monoisotopic (exact) mass is 589 g/mol. The predicted octanol–water partition coefficient (Wildman–Crippen LogP) is 3.40. The van der Waals surface area contributed by atoms with Crippen LogP contribution in [-0.2, 0) is 4.74 Å². The number of hydrogen-bond donors (Lipinski definition) is 3. The summed E-state index contributed by atoms with van der Waals surface area (Å²) in [6.07, 6.45) is 4.04. The van der Waals surface area contributed by atoms with Crippen LogP contribution in [0.15, 0.2) is 28.8 Å². The third-order valence-corrected chi connectivity index (χ3v) is 8.87. The van der Waals surface area contributed by atoms with E-state index in [2.05, 4.69) is 61.6 Å². The lowest BCUT2D eigenvalue weighted by Crippen LogP contribution is -2.52. The molecule has 3 aliphatic rings. The first-order valence-corrected chi connectivity index (χ1v) is 15.4. The second-order valence-electron chi connectivity index (χ2n) is 12.0. The lowest BCUT2D eigenvalue weighted by Gasteiger charge is -2.43. The number of nitrogens with zero attached hydrogens (tertiary/aromatic N) is 6. The van der Waals surface area contributed by atoms with Gasteiger partial charge in [0.2, 0.25) is 0 Å². The van der Waals surface area contributed by atoms with Gasteiger partial charge in [0.15, 0.2) is 28.8 Å². The van der Waals surface area contributed by atoms with E-state index in [1.54, 1.807) is 6.07 Å². The first kappa shape index (κ1) is 29.3. The number of nitrogens with one attached hydrogen (secondary N) is 2. The van der Waals surface area contributed by atoms with Crippen molar-refractivity contribution in [1.29, 1.82) is 0 Å². The van der Waals surface area contributed by atoms with Crippen molar-refractivity contribution in [2.24, 2.45) is 5.73 Å². The summed E-state index contributed by atoms with van der Waals surface area (Å²) >= 11 is 0. The number of nitrogens with two attached hydrogens (primary N) is 1. The van der Waals surface area contributed by atoms with Gasteiger partial charge in [-0.3, -0.25) is 9.69 Å². The van der Waals surface area contributed by atoms with Crippen LogP contribution in [0, 0.1) is 13.8 Å². The van der Waals surface area contributed by atoms with E-state index in [0.717, 1.165) is 50.3 Å². The number of likely N-dealkylation sites (N-methyl/N-ethyl adjacent to an activating group) is 1. The molecule has 230 valence electrons. The molecular formula is C31H43N9O3. The number of hydrogen-bond acceptors (Lipinski definition) is 11. The number of aryl methyl sites for hydroxylation is 2. The standard InChI is InChI=1S/C31H43N9O3/c1-20-18-23(4-5-25(20)40-10-6-24(7-11-40)39-14-12-38(3)13-15-39)34-31-28(29(32)41)35-27(26-19-21(2)37-43-26)30(36-31)33-22-8-16-42-17-9-22/h4-5,18-19,22,24H,6-17H2,1-3H3,(H2,32,41)(H2,33,34,36). The molecule has 3 aromatic rings. The summed E-state index contributed by atoms with van der Waals surface area (Å²) in [4.78, 5) is 29.6. The molecule has 0 unspecified atom stereocenters. The Balaban J connectivity index is 1.21. The van der Waals surface area contributed by atoms with Crippen LogP contribution in [0.1, 0.15) is 47.4 Å². The van der Waals surface area contributed by atoms with Gasteiger partial charge in [0.1, 0.15) is 0 Å². The number of anilines is 4. The van der Waals surface area contributed by atoms with E-state index in [1.807, 2.05) is 13.0 Å². The van der Waals surface area contributed by atoms with Crippen LogP contribution >= 0.6 is 0 Å². The molecule has 5 heterocycles. The largest absolute Gasteiger partial charge is 0.381 e. The molecule has 12 nitrogen and oxygen atoms in total. The molecule has 6 rings (SSSR count). The molecule has 0 radical (unpaired) electrons. The summed E-state index contributed by atoms with van der Waals surface area (Å²) < 4.78 is 11.0. The number of ether oxygens (including phenoxy) is 1. The summed E-state index contributed by atoms with van der Waals surface area (Å²) in [7, 11) is 2.21. The zero-order valence-electron chi connectivity index (χ0n) is 25.4. The number of amides is 1. The van der Waals surface area contributed by atoms with E-state index in [-0.39, 0.29) is 11.7 Å². The molecule has 0 bridgehead atoms. The fraction of sp³-hybridized carbons (Fsp3) is 0.548. The summed E-state index contributed by atoms with van der Waals surface area (Å²) in [6, 6.07) is 8.86. The van der Waals surface area contributed by atoms with Crippen LogP contribution in [0.25, 0.3) is 11.5 Å². The molecule has 1 amide bonds. The van der Waals surface area contributed by atoms with Gasteiger partial charge < -0.3 is 35.4 Å². The highest BCUT2D eigenvalue weighted by atomic mass is 16.5. The van der Waals surface area contributed by atoms with Gasteiger partial charge in [0, 0.05) is 82.0 Å². The average Bonchev–Trinajstić information content (AvgIpc) is 3.44. The topological polar surface area (TPSA) is 138 Å². The SMILES string of the molecule is Cc1cc(-c2nc(C(N)=O)c(Nc3ccc(N4CCC(N5CCN(C)CC5)CC4)c(C)c3)nc2NC2CCOCC2)on1. The highest BCUT2D eigenvalue weighted by Gasteiger charge is 2.28. The summed E-state index contributed by atoms with van der Waals surface area (Å²) in [6.45, 7) is 12.1. The summed E-state index contributed by atoms with van der Waals surface area (Å²) in [5.41, 5.74) is 10.1. The van der Waals surface area contributed by atoms with E-state index < -0.39 is 5.91 Å². The van der Waals surface area contributed by atoms with Gasteiger partial charge in [-0.15, -0.1) is 0 Å². The van der Waals surface area contributed by atoms with Crippen molar-refractivity contribution in [3.05, 3.63) is 41.2 Å². The Morgan fingerprint density at radius 3 is 2.35 bits per heavy atom. The number of piperidine rings is 1. The highest BCUT2D eigenvalue weighted by molar-refractivity contribution is 5.97. The molecule has 0 aliphatic carbocycles. The zero-order chi connectivity index (χ0) is 29.9. The lowest BCUT2D eigenvalue weighted by atomic mass is 10.0. The van der Waals surface area contributed by atoms with Crippen LogP contribution in [-0.4, -0.2) is 102 Å². The van der Waals surface area contributed by atoms with E-state index in [9.17, 15) is 4.79 Å². The molecular weight excluding hydrogens is 546 g/mol. The molecule has 0 spiro atoms. The Labute approximate surface area is 252 Å². The second-order valence-corrected chi connectivity index (χ2v) is 12.0. The normalized spacial score (nSPS) is 19.5. The van der Waals surface area contributed by atoms with Crippen LogP contribution in [0.5, 0.6) is 0 Å². The number of benzene rings is 1. The molecule has 1 aromatic carbocycles. The number of carbonyl (C=O) groups excluding carboxylic acids is 1.